The number of anilines is 2. The van der Waals surface area contributed by atoms with Gasteiger partial charge >= 0.3 is 6.09 Å². The molecule has 0 aromatic heterocycles. The lowest BCUT2D eigenvalue weighted by Gasteiger charge is -2.42. The zero-order valence-corrected chi connectivity index (χ0v) is 25.0. The van der Waals surface area contributed by atoms with Crippen molar-refractivity contribution in [2.45, 2.75) is 78.6 Å². The molecule has 4 rings (SSSR count). The van der Waals surface area contributed by atoms with Crippen molar-refractivity contribution in [2.24, 2.45) is 5.92 Å². The van der Waals surface area contributed by atoms with Crippen molar-refractivity contribution in [2.75, 3.05) is 37.0 Å². The number of carbonyl (C=O) groups is 3. The average Bonchev–Trinajstić information content (AvgIpc) is 2.91. The third-order valence-corrected chi connectivity index (χ3v) is 8.13. The number of benzene rings is 2. The number of piperidine rings is 1. The van der Waals surface area contributed by atoms with E-state index in [1.807, 2.05) is 75.2 Å². The molecule has 2 aliphatic rings. The highest BCUT2D eigenvalue weighted by molar-refractivity contribution is 6.03. The fourth-order valence-electron chi connectivity index (χ4n) is 6.23. The van der Waals surface area contributed by atoms with E-state index >= 15 is 0 Å². The van der Waals surface area contributed by atoms with Crippen LogP contribution < -0.4 is 9.80 Å². The first-order valence-electron chi connectivity index (χ1n) is 14.5. The predicted octanol–water partition coefficient (Wildman–Crippen LogP) is 6.00. The minimum absolute atomic E-state index is 0.0106. The third-order valence-electron chi connectivity index (χ3n) is 8.13. The third kappa shape index (κ3) is 6.17. The molecule has 2 heterocycles. The summed E-state index contributed by atoms with van der Waals surface area (Å²) in [7, 11) is 4.01. The summed E-state index contributed by atoms with van der Waals surface area (Å²) in [5.41, 5.74) is 3.77. The Morgan fingerprint density at radius 1 is 1.00 bits per heavy atom. The number of nitrogens with zero attached hydrogens (tertiary/aromatic N) is 4. The lowest BCUT2D eigenvalue weighted by atomic mass is 9.92. The molecule has 0 aliphatic carbocycles. The molecule has 3 unspecified atom stereocenters. The molecule has 2 aliphatic heterocycles. The zero-order chi connectivity index (χ0) is 29.1. The van der Waals surface area contributed by atoms with Gasteiger partial charge in [-0.05, 0) is 88.4 Å². The quantitative estimate of drug-likeness (QED) is 0.443. The first kappa shape index (κ1) is 29.6. The van der Waals surface area contributed by atoms with Crippen molar-refractivity contribution in [3.8, 4) is 11.1 Å². The van der Waals surface area contributed by atoms with Gasteiger partial charge in [-0.3, -0.25) is 19.4 Å². The number of rotatable bonds is 6. The molecule has 3 amide bonds. The van der Waals surface area contributed by atoms with Crippen molar-refractivity contribution >= 4 is 29.3 Å². The summed E-state index contributed by atoms with van der Waals surface area (Å²) in [6.45, 7) is 10.7. The van der Waals surface area contributed by atoms with E-state index in [0.717, 1.165) is 30.5 Å². The normalized spacial score (nSPS) is 21.2. The molecule has 3 atom stereocenters. The second kappa shape index (κ2) is 12.4. The summed E-state index contributed by atoms with van der Waals surface area (Å²) in [6, 6.07) is 13.2. The summed E-state index contributed by atoms with van der Waals surface area (Å²) >= 11 is 0. The number of amides is 3. The van der Waals surface area contributed by atoms with Crippen LogP contribution in [0.25, 0.3) is 11.1 Å². The van der Waals surface area contributed by atoms with Crippen LogP contribution in [0.5, 0.6) is 0 Å². The Morgan fingerprint density at radius 2 is 1.68 bits per heavy atom. The molecule has 1 fully saturated rings. The van der Waals surface area contributed by atoms with Crippen LogP contribution in [0.2, 0.25) is 0 Å². The van der Waals surface area contributed by atoms with E-state index in [9.17, 15) is 14.4 Å². The molecule has 0 spiro atoms. The first-order valence-corrected chi connectivity index (χ1v) is 14.5. The average molecular weight is 549 g/mol. The van der Waals surface area contributed by atoms with Gasteiger partial charge in [0.25, 0.3) is 5.91 Å². The van der Waals surface area contributed by atoms with Crippen LogP contribution in [0, 0.1) is 5.92 Å². The molecule has 2 aromatic carbocycles. The van der Waals surface area contributed by atoms with Crippen molar-refractivity contribution in [1.82, 2.24) is 9.80 Å². The highest BCUT2D eigenvalue weighted by Crippen LogP contribution is 2.39. The minimum atomic E-state index is -0.430. The number of hydrogen-bond acceptors (Lipinski definition) is 5. The maximum atomic E-state index is 13.4. The minimum Gasteiger partial charge on any atom is -0.446 e. The molecule has 8 nitrogen and oxygen atoms in total. The Morgan fingerprint density at radius 3 is 2.27 bits per heavy atom. The summed E-state index contributed by atoms with van der Waals surface area (Å²) in [5.74, 6) is 0.644. The number of carbonyl (C=O) groups excluding carboxylic acids is 3. The summed E-state index contributed by atoms with van der Waals surface area (Å²) < 4.78 is 5.51. The van der Waals surface area contributed by atoms with Crippen LogP contribution in [-0.2, 0) is 9.53 Å². The van der Waals surface area contributed by atoms with E-state index in [2.05, 4.69) is 18.9 Å². The Hall–Kier alpha value is -3.39. The summed E-state index contributed by atoms with van der Waals surface area (Å²) in [4.78, 5) is 46.3. The van der Waals surface area contributed by atoms with Crippen LogP contribution in [0.3, 0.4) is 0 Å². The van der Waals surface area contributed by atoms with Gasteiger partial charge < -0.3 is 14.5 Å². The number of fused-ring (bicyclic) bond motifs is 1. The van der Waals surface area contributed by atoms with Crippen molar-refractivity contribution in [3.63, 3.8) is 0 Å². The van der Waals surface area contributed by atoms with Crippen molar-refractivity contribution < 1.29 is 19.1 Å². The molecule has 216 valence electrons. The van der Waals surface area contributed by atoms with E-state index in [1.54, 1.807) is 9.80 Å². The van der Waals surface area contributed by atoms with Gasteiger partial charge in [0.05, 0.1) is 29.7 Å². The van der Waals surface area contributed by atoms with Gasteiger partial charge in [0.2, 0.25) is 5.91 Å². The van der Waals surface area contributed by atoms with Gasteiger partial charge in [0.1, 0.15) is 0 Å². The molecule has 0 radical (unpaired) electrons. The predicted molar refractivity (Wildman–Crippen MR) is 160 cm³/mol. The topological polar surface area (TPSA) is 73.4 Å². The van der Waals surface area contributed by atoms with Gasteiger partial charge in [-0.1, -0.05) is 31.5 Å². The van der Waals surface area contributed by atoms with Gasteiger partial charge in [-0.25, -0.2) is 4.79 Å². The molecule has 8 heteroatoms. The van der Waals surface area contributed by atoms with E-state index in [0.29, 0.717) is 29.4 Å². The Kier molecular flexibility index (Phi) is 9.19. The molecule has 0 bridgehead atoms. The molecule has 1 saturated heterocycles. The number of ether oxygens (including phenoxy) is 1. The lowest BCUT2D eigenvalue weighted by molar-refractivity contribution is -0.117. The smallest absolute Gasteiger partial charge is 0.414 e. The molecule has 40 heavy (non-hydrogen) atoms. The second-order valence-corrected chi connectivity index (χ2v) is 11.6. The molecule has 0 saturated carbocycles. The second-order valence-electron chi connectivity index (χ2n) is 11.6. The van der Waals surface area contributed by atoms with E-state index in [4.69, 9.17) is 4.74 Å². The van der Waals surface area contributed by atoms with Crippen molar-refractivity contribution in [1.29, 1.82) is 0 Å². The molecule has 2 aromatic rings. The zero-order valence-electron chi connectivity index (χ0n) is 25.0. The SMILES string of the molecule is CCCC1CCC(N(C)C(=O)c2ccc(-c3ccc4c(c3)N(C(=O)OC(C)C)CC(C)N4C(C)=O)cc2)N(C)C1. The van der Waals surface area contributed by atoms with Crippen LogP contribution in [0.4, 0.5) is 16.2 Å². The first-order chi connectivity index (χ1) is 19.0. The number of hydrogen-bond donors (Lipinski definition) is 0. The molecular weight excluding hydrogens is 504 g/mol. The van der Waals surface area contributed by atoms with Gasteiger partial charge in [-0.15, -0.1) is 0 Å². The van der Waals surface area contributed by atoms with E-state index in [1.165, 1.54) is 19.8 Å². The van der Waals surface area contributed by atoms with Crippen LogP contribution in [0.15, 0.2) is 42.5 Å². The number of likely N-dealkylation sites (tertiary alicyclic amines) is 1. The van der Waals surface area contributed by atoms with Gasteiger partial charge in [0.15, 0.2) is 0 Å². The Labute approximate surface area is 238 Å². The Balaban J connectivity index is 1.56. The maximum Gasteiger partial charge on any atom is 0.414 e. The largest absolute Gasteiger partial charge is 0.446 e. The standard InChI is InChI=1S/C32H44N4O4/c1-8-9-24-10-17-30(33(6)20-24)34(7)31(38)26-13-11-25(12-14-26)27-15-16-28-29(18-27)35(32(39)40-21(2)3)19-22(4)36(28)23(5)37/h11-16,18,21-22,24,30H,8-10,17,19-20H2,1-7H3. The van der Waals surface area contributed by atoms with Crippen LogP contribution in [-0.4, -0.2) is 73.2 Å². The van der Waals surface area contributed by atoms with Crippen molar-refractivity contribution in [3.05, 3.63) is 48.0 Å². The lowest BCUT2D eigenvalue weighted by Crippen LogP contribution is -2.51. The van der Waals surface area contributed by atoms with Gasteiger partial charge in [-0.2, -0.15) is 0 Å². The highest BCUT2D eigenvalue weighted by atomic mass is 16.6. The van der Waals surface area contributed by atoms with E-state index < -0.39 is 6.09 Å². The molecule has 0 N–H and O–H groups in total. The fourth-order valence-corrected chi connectivity index (χ4v) is 6.23. The maximum absolute atomic E-state index is 13.4. The monoisotopic (exact) mass is 548 g/mol. The Bertz CT molecular complexity index is 1230. The summed E-state index contributed by atoms with van der Waals surface area (Å²) in [6.07, 6.45) is 3.99. The fraction of sp³-hybridized carbons (Fsp3) is 0.531. The van der Waals surface area contributed by atoms with E-state index in [-0.39, 0.29) is 30.1 Å². The van der Waals surface area contributed by atoms with Crippen LogP contribution >= 0.6 is 0 Å². The highest BCUT2D eigenvalue weighted by Gasteiger charge is 2.35. The van der Waals surface area contributed by atoms with Gasteiger partial charge in [0, 0.05) is 32.6 Å². The molecular formula is C32H44N4O4. The van der Waals surface area contributed by atoms with Crippen LogP contribution in [0.1, 0.15) is 70.7 Å². The summed E-state index contributed by atoms with van der Waals surface area (Å²) in [5, 5.41) is 0.